The molecule has 1 amide bonds. The summed E-state index contributed by atoms with van der Waals surface area (Å²) in [6.45, 7) is 3.65. The van der Waals surface area contributed by atoms with Gasteiger partial charge in [0.2, 0.25) is 0 Å². The second kappa shape index (κ2) is 6.80. The monoisotopic (exact) mass is 267 g/mol. The van der Waals surface area contributed by atoms with Crippen LogP contribution in [-0.2, 0) is 4.79 Å². The predicted molar refractivity (Wildman–Crippen MR) is 74.2 cm³/mol. The smallest absolute Gasteiger partial charge is 0.279 e. The predicted octanol–water partition coefficient (Wildman–Crippen LogP) is 0.887. The molecule has 5 nitrogen and oxygen atoms in total. The number of rotatable bonds is 3. The summed E-state index contributed by atoms with van der Waals surface area (Å²) in [5, 5.41) is 3.02. The summed E-state index contributed by atoms with van der Waals surface area (Å²) < 4.78 is 5.48. The first-order chi connectivity index (χ1) is 8.52. The molecule has 0 heterocycles. The van der Waals surface area contributed by atoms with E-state index in [1.54, 1.807) is 14.0 Å². The lowest BCUT2D eigenvalue weighted by molar-refractivity contribution is -0.127. The molecule has 0 aliphatic carbocycles. The highest BCUT2D eigenvalue weighted by Crippen LogP contribution is 2.13. The lowest BCUT2D eigenvalue weighted by Gasteiger charge is -2.15. The van der Waals surface area contributed by atoms with Crippen molar-refractivity contribution in [2.45, 2.75) is 20.0 Å². The molecule has 0 unspecified atom stereocenters. The van der Waals surface area contributed by atoms with Gasteiger partial charge in [0.1, 0.15) is 5.75 Å². The minimum absolute atomic E-state index is 0.298. The minimum atomic E-state index is -0.611. The van der Waals surface area contributed by atoms with Gasteiger partial charge in [0.05, 0.1) is 0 Å². The summed E-state index contributed by atoms with van der Waals surface area (Å²) in [4.78, 5) is 11.6. The molecule has 3 N–H and O–H groups in total. The van der Waals surface area contributed by atoms with Gasteiger partial charge in [0.25, 0.3) is 5.91 Å². The zero-order valence-corrected chi connectivity index (χ0v) is 11.4. The third-order valence-corrected chi connectivity index (χ3v) is 2.54. The van der Waals surface area contributed by atoms with E-state index in [2.05, 4.69) is 16.2 Å². The molecule has 0 radical (unpaired) electrons. The topological polar surface area (TPSA) is 62.4 Å². The number of thiocarbonyl (C=S) groups is 1. The van der Waals surface area contributed by atoms with Gasteiger partial charge < -0.3 is 10.1 Å². The van der Waals surface area contributed by atoms with Gasteiger partial charge in [-0.15, -0.1) is 0 Å². The first-order valence-electron chi connectivity index (χ1n) is 5.54. The maximum absolute atomic E-state index is 11.6. The van der Waals surface area contributed by atoms with Crippen molar-refractivity contribution < 1.29 is 9.53 Å². The van der Waals surface area contributed by atoms with Crippen molar-refractivity contribution in [2.75, 3.05) is 7.05 Å². The number of ether oxygens (including phenoxy) is 1. The van der Waals surface area contributed by atoms with Crippen LogP contribution in [0.2, 0.25) is 0 Å². The van der Waals surface area contributed by atoms with Crippen LogP contribution in [0.15, 0.2) is 24.3 Å². The summed E-state index contributed by atoms with van der Waals surface area (Å²) in [6.07, 6.45) is -0.611. The highest BCUT2D eigenvalue weighted by molar-refractivity contribution is 7.80. The molecule has 0 aliphatic heterocycles. The summed E-state index contributed by atoms with van der Waals surface area (Å²) >= 11 is 4.83. The van der Waals surface area contributed by atoms with E-state index in [1.165, 1.54) is 0 Å². The lowest BCUT2D eigenvalue weighted by atomic mass is 10.2. The first-order valence-corrected chi connectivity index (χ1v) is 5.94. The number of carbonyl (C=O) groups is 1. The fourth-order valence-electron chi connectivity index (χ4n) is 1.16. The van der Waals surface area contributed by atoms with Crippen molar-refractivity contribution in [3.05, 3.63) is 29.8 Å². The van der Waals surface area contributed by atoms with Crippen LogP contribution in [0.25, 0.3) is 0 Å². The quantitative estimate of drug-likeness (QED) is 0.561. The number of benzene rings is 1. The van der Waals surface area contributed by atoms with Crippen LogP contribution < -0.4 is 20.9 Å². The number of amides is 1. The normalized spacial score (nSPS) is 11.3. The Hall–Kier alpha value is -1.82. The third kappa shape index (κ3) is 4.58. The van der Waals surface area contributed by atoms with Crippen molar-refractivity contribution in [2.24, 2.45) is 0 Å². The lowest BCUT2D eigenvalue weighted by Crippen LogP contribution is -2.49. The van der Waals surface area contributed by atoms with Gasteiger partial charge in [-0.05, 0) is 38.2 Å². The molecule has 1 aromatic rings. The highest BCUT2D eigenvalue weighted by Gasteiger charge is 2.14. The molecule has 1 rings (SSSR count). The van der Waals surface area contributed by atoms with Crippen LogP contribution in [0.5, 0.6) is 5.75 Å². The fraction of sp³-hybridized carbons (Fsp3) is 0.333. The standard InChI is InChI=1S/C12H17N3O2S/c1-8-4-6-10(7-5-8)17-9(2)11(16)14-15-12(18)13-3/h4-7,9H,1-3H3,(H,14,16)(H2,13,15,18)/t9-/m0/s1. The van der Waals surface area contributed by atoms with Crippen molar-refractivity contribution in [1.29, 1.82) is 0 Å². The Morgan fingerprint density at radius 1 is 1.28 bits per heavy atom. The van der Waals surface area contributed by atoms with E-state index in [-0.39, 0.29) is 5.91 Å². The molecule has 18 heavy (non-hydrogen) atoms. The molecule has 0 saturated heterocycles. The Morgan fingerprint density at radius 3 is 2.44 bits per heavy atom. The van der Waals surface area contributed by atoms with Crippen LogP contribution in [0.3, 0.4) is 0 Å². The van der Waals surface area contributed by atoms with E-state index < -0.39 is 6.10 Å². The molecular formula is C12H17N3O2S. The molecule has 0 fully saturated rings. The van der Waals surface area contributed by atoms with Crippen molar-refractivity contribution in [3.63, 3.8) is 0 Å². The minimum Gasteiger partial charge on any atom is -0.481 e. The highest BCUT2D eigenvalue weighted by atomic mass is 32.1. The molecular weight excluding hydrogens is 250 g/mol. The van der Waals surface area contributed by atoms with Crippen LogP contribution in [0.1, 0.15) is 12.5 Å². The maximum atomic E-state index is 11.6. The Kier molecular flexibility index (Phi) is 5.38. The molecule has 0 aromatic heterocycles. The van der Waals surface area contributed by atoms with Gasteiger partial charge in [0, 0.05) is 7.05 Å². The van der Waals surface area contributed by atoms with E-state index in [0.717, 1.165) is 5.56 Å². The summed E-state index contributed by atoms with van der Waals surface area (Å²) in [5.41, 5.74) is 6.14. The largest absolute Gasteiger partial charge is 0.481 e. The zero-order chi connectivity index (χ0) is 13.5. The van der Waals surface area contributed by atoms with Gasteiger partial charge >= 0.3 is 0 Å². The van der Waals surface area contributed by atoms with Gasteiger partial charge in [-0.1, -0.05) is 17.7 Å². The fourth-order valence-corrected chi connectivity index (χ4v) is 1.21. The number of carbonyl (C=O) groups excluding carboxylic acids is 1. The van der Waals surface area contributed by atoms with Gasteiger partial charge in [-0.25, -0.2) is 0 Å². The average molecular weight is 267 g/mol. The molecule has 0 spiro atoms. The number of hydrogen-bond donors (Lipinski definition) is 3. The second-order valence-electron chi connectivity index (χ2n) is 3.77. The number of hydrazine groups is 1. The SMILES string of the molecule is CNC(=S)NNC(=O)[C@H](C)Oc1ccc(C)cc1. The maximum Gasteiger partial charge on any atom is 0.279 e. The summed E-state index contributed by atoms with van der Waals surface area (Å²) in [6, 6.07) is 7.50. The molecule has 6 heteroatoms. The third-order valence-electron chi connectivity index (χ3n) is 2.23. The molecule has 1 atom stereocenters. The van der Waals surface area contributed by atoms with E-state index in [9.17, 15) is 4.79 Å². The van der Waals surface area contributed by atoms with Crippen LogP contribution in [0.4, 0.5) is 0 Å². The molecule has 98 valence electrons. The zero-order valence-electron chi connectivity index (χ0n) is 10.6. The molecule has 1 aromatic carbocycles. The van der Waals surface area contributed by atoms with Gasteiger partial charge in [0.15, 0.2) is 11.2 Å². The second-order valence-corrected chi connectivity index (χ2v) is 4.17. The van der Waals surface area contributed by atoms with Crippen LogP contribution in [0, 0.1) is 6.92 Å². The van der Waals surface area contributed by atoms with Crippen LogP contribution in [-0.4, -0.2) is 24.2 Å². The van der Waals surface area contributed by atoms with Crippen molar-refractivity contribution >= 4 is 23.2 Å². The first kappa shape index (κ1) is 14.2. The van der Waals surface area contributed by atoms with Gasteiger partial charge in [-0.2, -0.15) is 0 Å². The molecule has 0 aliphatic rings. The Balaban J connectivity index is 2.44. The van der Waals surface area contributed by atoms with Gasteiger partial charge in [-0.3, -0.25) is 15.6 Å². The number of nitrogens with one attached hydrogen (secondary N) is 3. The Labute approximate surface area is 112 Å². The van der Waals surface area contributed by atoms with E-state index >= 15 is 0 Å². The van der Waals surface area contributed by atoms with Crippen molar-refractivity contribution in [1.82, 2.24) is 16.2 Å². The van der Waals surface area contributed by atoms with Crippen LogP contribution >= 0.6 is 12.2 Å². The van der Waals surface area contributed by atoms with E-state index in [1.807, 2.05) is 31.2 Å². The Bertz CT molecular complexity index is 420. The molecule has 0 bridgehead atoms. The summed E-state index contributed by atoms with van der Waals surface area (Å²) in [5.74, 6) is 0.354. The number of aryl methyl sites for hydroxylation is 1. The van der Waals surface area contributed by atoms with Crippen molar-refractivity contribution in [3.8, 4) is 5.75 Å². The van der Waals surface area contributed by atoms with E-state index in [4.69, 9.17) is 17.0 Å². The summed E-state index contributed by atoms with van der Waals surface area (Å²) in [7, 11) is 1.66. The average Bonchev–Trinajstić information content (AvgIpc) is 2.38. The number of hydrogen-bond acceptors (Lipinski definition) is 3. The molecule has 0 saturated carbocycles. The Morgan fingerprint density at radius 2 is 1.89 bits per heavy atom. The van der Waals surface area contributed by atoms with E-state index in [0.29, 0.717) is 10.9 Å².